The number of rotatable bonds is 4. The minimum absolute atomic E-state index is 0.151. The summed E-state index contributed by atoms with van der Waals surface area (Å²) < 4.78 is 42.8. The maximum atomic E-state index is 12.7. The number of ether oxygens (including phenoxy) is 1. The van der Waals surface area contributed by atoms with E-state index in [1.54, 1.807) is 0 Å². The molecule has 12 heteroatoms. The quantitative estimate of drug-likeness (QED) is 0.713. The van der Waals surface area contributed by atoms with Crippen molar-refractivity contribution in [3.05, 3.63) is 28.1 Å². The molecule has 3 N–H and O–H groups in total. The van der Waals surface area contributed by atoms with Crippen LogP contribution in [0.3, 0.4) is 0 Å². The number of hydrogen-bond acceptors (Lipinski definition) is 8. The van der Waals surface area contributed by atoms with Gasteiger partial charge in [-0.1, -0.05) is 0 Å². The molecule has 0 atom stereocenters. The zero-order chi connectivity index (χ0) is 17.9. The predicted molar refractivity (Wildman–Crippen MR) is 71.9 cm³/mol. The van der Waals surface area contributed by atoms with E-state index >= 15 is 0 Å². The zero-order valence-corrected chi connectivity index (χ0v) is 11.8. The van der Waals surface area contributed by atoms with Crippen molar-refractivity contribution < 1.29 is 33.1 Å². The Morgan fingerprint density at radius 3 is 2.17 bits per heavy atom. The number of amides is 1. The van der Waals surface area contributed by atoms with E-state index in [2.05, 4.69) is 4.74 Å². The molecule has 1 rings (SSSR count). The lowest BCUT2D eigenvalue weighted by Crippen LogP contribution is -2.23. The SMILES string of the molecule is CC(C)OC(=O)Nc1c(N([O-])[O-])cc(C(F)(F)F)cc1N(O)O. The van der Waals surface area contributed by atoms with Crippen LogP contribution in [-0.2, 0) is 10.9 Å². The van der Waals surface area contributed by atoms with Gasteiger partial charge in [-0.25, -0.2) is 4.79 Å². The van der Waals surface area contributed by atoms with E-state index in [1.807, 2.05) is 5.32 Å². The van der Waals surface area contributed by atoms with E-state index in [0.717, 1.165) is 0 Å². The first-order chi connectivity index (χ1) is 10.4. The lowest BCUT2D eigenvalue weighted by molar-refractivity contribution is -0.137. The number of carbonyl (C=O) groups excluding carboxylic acids is 1. The van der Waals surface area contributed by atoms with Crippen molar-refractivity contribution in [1.29, 1.82) is 0 Å². The Kier molecular flexibility index (Phi) is 5.60. The zero-order valence-electron chi connectivity index (χ0n) is 11.8. The van der Waals surface area contributed by atoms with Gasteiger partial charge in [0.05, 0.1) is 17.4 Å². The van der Waals surface area contributed by atoms with E-state index in [0.29, 0.717) is 0 Å². The van der Waals surface area contributed by atoms with Gasteiger partial charge >= 0.3 is 12.3 Å². The molecule has 0 saturated carbocycles. The summed E-state index contributed by atoms with van der Waals surface area (Å²) >= 11 is 0. The molecule has 0 aliphatic heterocycles. The monoisotopic (exact) mass is 339 g/mol. The molecule has 1 aromatic rings. The molecule has 0 fully saturated rings. The topological polar surface area (TPSA) is 131 Å². The van der Waals surface area contributed by atoms with Crippen LogP contribution in [-0.4, -0.2) is 22.6 Å². The van der Waals surface area contributed by atoms with E-state index in [4.69, 9.17) is 10.4 Å². The highest BCUT2D eigenvalue weighted by molar-refractivity contribution is 5.96. The number of carbonyl (C=O) groups is 1. The van der Waals surface area contributed by atoms with Crippen molar-refractivity contribution >= 4 is 23.2 Å². The van der Waals surface area contributed by atoms with Crippen LogP contribution in [0.25, 0.3) is 0 Å². The fourth-order valence-electron chi connectivity index (χ4n) is 1.55. The number of hydrogen-bond donors (Lipinski definition) is 3. The van der Waals surface area contributed by atoms with Gasteiger partial charge in [0.25, 0.3) is 0 Å². The van der Waals surface area contributed by atoms with Crippen LogP contribution in [0.4, 0.5) is 35.0 Å². The first-order valence-corrected chi connectivity index (χ1v) is 5.98. The Labute approximate surface area is 127 Å². The average molecular weight is 339 g/mol. The number of benzene rings is 1. The number of nitrogens with one attached hydrogen (secondary N) is 1. The minimum Gasteiger partial charge on any atom is -0.769 e. The van der Waals surface area contributed by atoms with Gasteiger partial charge in [0, 0.05) is 5.69 Å². The smallest absolute Gasteiger partial charge is 0.416 e. The van der Waals surface area contributed by atoms with E-state index in [-0.39, 0.29) is 12.1 Å². The lowest BCUT2D eigenvalue weighted by atomic mass is 10.1. The van der Waals surface area contributed by atoms with Crippen LogP contribution >= 0.6 is 0 Å². The molecule has 23 heavy (non-hydrogen) atoms. The average Bonchev–Trinajstić information content (AvgIpc) is 2.35. The summed E-state index contributed by atoms with van der Waals surface area (Å²) in [7, 11) is 0. The van der Waals surface area contributed by atoms with Crippen LogP contribution < -0.4 is 15.8 Å². The Balaban J connectivity index is 3.44. The van der Waals surface area contributed by atoms with Gasteiger partial charge in [0.1, 0.15) is 5.69 Å². The Hall–Kier alpha value is -2.28. The first kappa shape index (κ1) is 18.8. The normalized spacial score (nSPS) is 11.4. The van der Waals surface area contributed by atoms with Crippen LogP contribution in [0.15, 0.2) is 12.1 Å². The van der Waals surface area contributed by atoms with Crippen LogP contribution in [0.2, 0.25) is 0 Å². The maximum Gasteiger partial charge on any atom is 0.416 e. The molecule has 1 aromatic carbocycles. The summed E-state index contributed by atoms with van der Waals surface area (Å²) in [6, 6.07) is 0.371. The number of halogens is 3. The molecule has 9 nitrogen and oxygen atoms in total. The summed E-state index contributed by atoms with van der Waals surface area (Å²) in [6.45, 7) is 2.93. The fraction of sp³-hybridized carbons (Fsp3) is 0.364. The van der Waals surface area contributed by atoms with Crippen molar-refractivity contribution in [3.63, 3.8) is 0 Å². The van der Waals surface area contributed by atoms with Gasteiger partial charge < -0.3 is 20.4 Å². The van der Waals surface area contributed by atoms with Crippen molar-refractivity contribution in [3.8, 4) is 0 Å². The van der Waals surface area contributed by atoms with Gasteiger partial charge in [0.2, 0.25) is 0 Å². The number of anilines is 3. The molecule has 1 amide bonds. The van der Waals surface area contributed by atoms with Crippen molar-refractivity contribution in [2.24, 2.45) is 0 Å². The maximum absolute atomic E-state index is 12.7. The molecule has 0 heterocycles. The largest absolute Gasteiger partial charge is 0.769 e. The third-order valence-electron chi connectivity index (χ3n) is 2.41. The molecule has 0 bridgehead atoms. The van der Waals surface area contributed by atoms with Gasteiger partial charge in [-0.05, 0) is 26.0 Å². The predicted octanol–water partition coefficient (Wildman–Crippen LogP) is 3.05. The van der Waals surface area contributed by atoms with Gasteiger partial charge in [-0.2, -0.15) is 13.2 Å². The van der Waals surface area contributed by atoms with Crippen molar-refractivity contribution in [2.45, 2.75) is 26.1 Å². The summed E-state index contributed by atoms with van der Waals surface area (Å²) in [5, 5.41) is 39.7. The molecule has 0 aliphatic rings. The minimum atomic E-state index is -4.98. The van der Waals surface area contributed by atoms with E-state index < -0.39 is 51.5 Å². The Morgan fingerprint density at radius 1 is 1.26 bits per heavy atom. The molecule has 0 aliphatic carbocycles. The number of alkyl halides is 3. The van der Waals surface area contributed by atoms with Crippen LogP contribution in [0, 0.1) is 10.4 Å². The molecule has 0 saturated heterocycles. The molecule has 0 radical (unpaired) electrons. The van der Waals surface area contributed by atoms with Crippen molar-refractivity contribution in [1.82, 2.24) is 0 Å². The molecular weight excluding hydrogens is 327 g/mol. The van der Waals surface area contributed by atoms with Crippen LogP contribution in [0.5, 0.6) is 0 Å². The third-order valence-corrected chi connectivity index (χ3v) is 2.41. The molecular formula is C11H12F3N3O6-2. The molecule has 0 spiro atoms. The Bertz CT molecular complexity index is 548. The summed E-state index contributed by atoms with van der Waals surface area (Å²) in [5.41, 5.74) is -4.61. The molecule has 0 unspecified atom stereocenters. The second kappa shape index (κ2) is 6.87. The highest BCUT2D eigenvalue weighted by Gasteiger charge is 2.33. The standard InChI is InChI=1S/C11H12F3N3O6/c1-5(2)23-10(18)15-9-7(16(19)20)3-6(11(12,13)14)4-8(9)17(21)22/h3-5,19-20H,1-2H3,(H,15,18)/q-2. The summed E-state index contributed by atoms with van der Waals surface area (Å²) in [4.78, 5) is 11.5. The molecule has 0 aromatic heterocycles. The van der Waals surface area contributed by atoms with Gasteiger partial charge in [-0.15, -0.1) is 5.23 Å². The lowest BCUT2D eigenvalue weighted by Gasteiger charge is -2.40. The first-order valence-electron chi connectivity index (χ1n) is 5.98. The highest BCUT2D eigenvalue weighted by Crippen LogP contribution is 2.41. The highest BCUT2D eigenvalue weighted by atomic mass is 19.4. The van der Waals surface area contributed by atoms with Gasteiger partial charge in [0.15, 0.2) is 0 Å². The summed E-state index contributed by atoms with van der Waals surface area (Å²) in [6.07, 6.45) is -6.82. The Morgan fingerprint density at radius 2 is 1.78 bits per heavy atom. The fourth-order valence-corrected chi connectivity index (χ4v) is 1.55. The summed E-state index contributed by atoms with van der Waals surface area (Å²) in [5.74, 6) is 0. The second-order valence-corrected chi connectivity index (χ2v) is 4.51. The van der Waals surface area contributed by atoms with E-state index in [1.165, 1.54) is 13.8 Å². The second-order valence-electron chi connectivity index (χ2n) is 4.51. The van der Waals surface area contributed by atoms with E-state index in [9.17, 15) is 28.4 Å². The molecule has 130 valence electrons. The van der Waals surface area contributed by atoms with Crippen LogP contribution in [0.1, 0.15) is 19.4 Å². The van der Waals surface area contributed by atoms with Gasteiger partial charge in [-0.3, -0.25) is 15.7 Å². The number of nitrogens with zero attached hydrogens (tertiary/aromatic N) is 2. The third kappa shape index (κ3) is 4.85. The van der Waals surface area contributed by atoms with Crippen molar-refractivity contribution in [2.75, 3.05) is 15.8 Å².